The van der Waals surface area contributed by atoms with Crippen molar-refractivity contribution >= 4 is 11.9 Å². The largest absolute Gasteiger partial charge is 0.496 e. The second-order valence-electron chi connectivity index (χ2n) is 6.40. The van der Waals surface area contributed by atoms with Crippen molar-refractivity contribution in [1.82, 2.24) is 5.32 Å². The molecule has 0 bridgehead atoms. The number of carbonyl (C=O) groups excluding carboxylic acids is 2. The number of esters is 1. The fraction of sp³-hybridized carbons (Fsp3) is 0.391. The van der Waals surface area contributed by atoms with Crippen LogP contribution in [0.2, 0.25) is 0 Å². The Morgan fingerprint density at radius 1 is 0.933 bits per heavy atom. The molecular formula is C23H29NO6. The Morgan fingerprint density at radius 3 is 2.40 bits per heavy atom. The molecule has 0 aromatic heterocycles. The normalized spacial score (nSPS) is 10.2. The van der Waals surface area contributed by atoms with Crippen molar-refractivity contribution in [2.24, 2.45) is 0 Å². The Morgan fingerprint density at radius 2 is 1.67 bits per heavy atom. The topological polar surface area (TPSA) is 83.1 Å². The number of nitrogens with one attached hydrogen (secondary N) is 1. The van der Waals surface area contributed by atoms with Crippen LogP contribution in [-0.4, -0.2) is 45.4 Å². The lowest BCUT2D eigenvalue weighted by Crippen LogP contribution is -2.30. The molecule has 0 aliphatic carbocycles. The van der Waals surface area contributed by atoms with Gasteiger partial charge in [-0.1, -0.05) is 24.3 Å². The lowest BCUT2D eigenvalue weighted by Gasteiger charge is -2.13. The SMILES string of the molecule is CCOc1ccc(CCNC(=O)COC(=O)Cc2ccccc2OC)cc1OCC. The van der Waals surface area contributed by atoms with Crippen molar-refractivity contribution in [3.8, 4) is 17.2 Å². The van der Waals surface area contributed by atoms with Crippen molar-refractivity contribution in [3.05, 3.63) is 53.6 Å². The van der Waals surface area contributed by atoms with E-state index in [2.05, 4.69) is 5.32 Å². The molecule has 1 N–H and O–H groups in total. The lowest BCUT2D eigenvalue weighted by atomic mass is 10.1. The molecule has 0 fully saturated rings. The first kappa shape index (κ1) is 23.1. The molecular weight excluding hydrogens is 386 g/mol. The van der Waals surface area contributed by atoms with Gasteiger partial charge in [-0.05, 0) is 44.0 Å². The monoisotopic (exact) mass is 415 g/mol. The predicted octanol–water partition coefficient (Wildman–Crippen LogP) is 2.94. The van der Waals surface area contributed by atoms with Gasteiger partial charge in [-0.2, -0.15) is 0 Å². The number of hydrogen-bond acceptors (Lipinski definition) is 6. The Balaban J connectivity index is 1.75. The van der Waals surface area contributed by atoms with Gasteiger partial charge in [-0.25, -0.2) is 0 Å². The maximum absolute atomic E-state index is 12.0. The third kappa shape index (κ3) is 7.31. The highest BCUT2D eigenvalue weighted by atomic mass is 16.5. The second kappa shape index (κ2) is 12.4. The average Bonchev–Trinajstić information content (AvgIpc) is 2.75. The molecule has 7 nitrogen and oxygen atoms in total. The van der Waals surface area contributed by atoms with E-state index in [0.29, 0.717) is 49.0 Å². The second-order valence-corrected chi connectivity index (χ2v) is 6.40. The van der Waals surface area contributed by atoms with Crippen LogP contribution < -0.4 is 19.5 Å². The summed E-state index contributed by atoms with van der Waals surface area (Å²) in [5.41, 5.74) is 1.72. The molecule has 0 aliphatic heterocycles. The highest BCUT2D eigenvalue weighted by Gasteiger charge is 2.12. The van der Waals surface area contributed by atoms with Gasteiger partial charge in [0, 0.05) is 12.1 Å². The molecule has 0 saturated heterocycles. The van der Waals surface area contributed by atoms with Crippen molar-refractivity contribution in [1.29, 1.82) is 0 Å². The summed E-state index contributed by atoms with van der Waals surface area (Å²) in [7, 11) is 1.54. The van der Waals surface area contributed by atoms with Crippen LogP contribution in [0, 0.1) is 0 Å². The molecule has 0 spiro atoms. The minimum Gasteiger partial charge on any atom is -0.496 e. The van der Waals surface area contributed by atoms with Crippen molar-refractivity contribution < 1.29 is 28.5 Å². The van der Waals surface area contributed by atoms with Gasteiger partial charge in [0.15, 0.2) is 18.1 Å². The van der Waals surface area contributed by atoms with Gasteiger partial charge in [0.2, 0.25) is 0 Å². The summed E-state index contributed by atoms with van der Waals surface area (Å²) in [6, 6.07) is 12.9. The summed E-state index contributed by atoms with van der Waals surface area (Å²) in [5.74, 6) is 1.17. The van der Waals surface area contributed by atoms with E-state index in [4.69, 9.17) is 18.9 Å². The highest BCUT2D eigenvalue weighted by molar-refractivity contribution is 5.81. The molecule has 0 radical (unpaired) electrons. The molecule has 0 heterocycles. The molecule has 7 heteroatoms. The van der Waals surface area contributed by atoms with Gasteiger partial charge in [0.25, 0.3) is 5.91 Å². The summed E-state index contributed by atoms with van der Waals surface area (Å²) >= 11 is 0. The highest BCUT2D eigenvalue weighted by Crippen LogP contribution is 2.28. The number of amides is 1. The van der Waals surface area contributed by atoms with Gasteiger partial charge in [-0.3, -0.25) is 9.59 Å². The number of para-hydroxylation sites is 1. The molecule has 0 aliphatic rings. The van der Waals surface area contributed by atoms with Crippen LogP contribution in [0.4, 0.5) is 0 Å². The van der Waals surface area contributed by atoms with Gasteiger partial charge in [-0.15, -0.1) is 0 Å². The van der Waals surface area contributed by atoms with E-state index in [-0.39, 0.29) is 18.9 Å². The molecule has 2 aromatic rings. The maximum Gasteiger partial charge on any atom is 0.310 e. The Labute approximate surface area is 177 Å². The Bertz CT molecular complexity index is 836. The third-order valence-electron chi connectivity index (χ3n) is 4.24. The molecule has 1 amide bonds. The van der Waals surface area contributed by atoms with E-state index >= 15 is 0 Å². The number of benzene rings is 2. The van der Waals surface area contributed by atoms with Crippen LogP contribution in [0.5, 0.6) is 17.2 Å². The number of carbonyl (C=O) groups is 2. The molecule has 30 heavy (non-hydrogen) atoms. The van der Waals surface area contributed by atoms with Gasteiger partial charge in [0.05, 0.1) is 26.7 Å². The summed E-state index contributed by atoms with van der Waals surface area (Å²) < 4.78 is 21.4. The van der Waals surface area contributed by atoms with E-state index in [1.165, 1.54) is 0 Å². The van der Waals surface area contributed by atoms with Crippen LogP contribution in [0.1, 0.15) is 25.0 Å². The predicted molar refractivity (Wildman–Crippen MR) is 113 cm³/mol. The van der Waals surface area contributed by atoms with E-state index in [9.17, 15) is 9.59 Å². The number of hydrogen-bond donors (Lipinski definition) is 1. The van der Waals surface area contributed by atoms with Gasteiger partial charge >= 0.3 is 5.97 Å². The van der Waals surface area contributed by atoms with Crippen molar-refractivity contribution in [2.75, 3.05) is 33.5 Å². The third-order valence-corrected chi connectivity index (χ3v) is 4.24. The van der Waals surface area contributed by atoms with E-state index in [0.717, 1.165) is 5.56 Å². The first-order valence-electron chi connectivity index (χ1n) is 10.00. The minimum atomic E-state index is -0.484. The molecule has 0 saturated carbocycles. The van der Waals surface area contributed by atoms with Crippen LogP contribution >= 0.6 is 0 Å². The standard InChI is InChI=1S/C23H29NO6/c1-4-28-20-11-10-17(14-21(20)29-5-2)12-13-24-22(25)16-30-23(26)15-18-8-6-7-9-19(18)27-3/h6-11,14H,4-5,12-13,15-16H2,1-3H3,(H,24,25). The zero-order valence-electron chi connectivity index (χ0n) is 17.7. The summed E-state index contributed by atoms with van der Waals surface area (Å²) in [5, 5.41) is 2.75. The van der Waals surface area contributed by atoms with Crippen molar-refractivity contribution in [3.63, 3.8) is 0 Å². The number of ether oxygens (including phenoxy) is 4. The molecule has 2 aromatic carbocycles. The first-order valence-corrected chi connectivity index (χ1v) is 10.00. The Kier molecular flexibility index (Phi) is 9.51. The van der Waals surface area contributed by atoms with E-state index < -0.39 is 5.97 Å². The summed E-state index contributed by atoms with van der Waals surface area (Å²) in [6.45, 7) is 5.04. The fourth-order valence-electron chi connectivity index (χ4n) is 2.85. The average molecular weight is 415 g/mol. The molecule has 2 rings (SSSR count). The van der Waals surface area contributed by atoms with Gasteiger partial charge < -0.3 is 24.3 Å². The summed E-state index contributed by atoms with van der Waals surface area (Å²) in [6.07, 6.45) is 0.664. The molecule has 0 unspecified atom stereocenters. The van der Waals surface area contributed by atoms with Crippen molar-refractivity contribution in [2.45, 2.75) is 26.7 Å². The van der Waals surface area contributed by atoms with Crippen LogP contribution in [0.25, 0.3) is 0 Å². The number of rotatable bonds is 12. The lowest BCUT2D eigenvalue weighted by molar-refractivity contribution is -0.147. The van der Waals surface area contributed by atoms with Gasteiger partial charge in [0.1, 0.15) is 5.75 Å². The van der Waals surface area contributed by atoms with Crippen LogP contribution in [0.15, 0.2) is 42.5 Å². The summed E-state index contributed by atoms with van der Waals surface area (Å²) in [4.78, 5) is 23.9. The smallest absolute Gasteiger partial charge is 0.310 e. The first-order chi connectivity index (χ1) is 14.6. The van der Waals surface area contributed by atoms with E-state index in [1.54, 1.807) is 19.2 Å². The van der Waals surface area contributed by atoms with E-state index in [1.807, 2.05) is 44.2 Å². The quantitative estimate of drug-likeness (QED) is 0.537. The minimum absolute atomic E-state index is 0.0453. The van der Waals surface area contributed by atoms with Crippen LogP contribution in [-0.2, 0) is 27.2 Å². The maximum atomic E-state index is 12.0. The zero-order valence-corrected chi connectivity index (χ0v) is 17.7. The number of methoxy groups -OCH3 is 1. The Hall–Kier alpha value is -3.22. The molecule has 0 atom stereocenters. The van der Waals surface area contributed by atoms with Crippen LogP contribution in [0.3, 0.4) is 0 Å². The fourth-order valence-corrected chi connectivity index (χ4v) is 2.85. The molecule has 162 valence electrons. The zero-order chi connectivity index (χ0) is 21.8.